The number of anilines is 1. The lowest BCUT2D eigenvalue weighted by Gasteiger charge is -2.46. The SMILES string of the molecule is CC(=O)N(Cc1cc(N(C)C)c2c(c1O)C(=O)C1=C(O)[C@]3(O)C(=O)C(C(N)=O)=C(O)C[C@@H]3C[C@@H]1C2)CC(C)(C)C. The number of hydrogen-bond acceptors (Lipinski definition) is 9. The summed E-state index contributed by atoms with van der Waals surface area (Å²) in [4.78, 5) is 54.9. The van der Waals surface area contributed by atoms with Crippen LogP contribution < -0.4 is 10.6 Å². The maximum absolute atomic E-state index is 14.0. The molecule has 0 heterocycles. The Bertz CT molecular complexity index is 1400. The van der Waals surface area contributed by atoms with Gasteiger partial charge in [0.2, 0.25) is 11.7 Å². The number of phenolic OH excluding ortho intramolecular Hbond substituents is 1. The van der Waals surface area contributed by atoms with Crippen LogP contribution in [0.15, 0.2) is 28.7 Å². The second kappa shape index (κ2) is 9.65. The largest absolute Gasteiger partial charge is 0.511 e. The van der Waals surface area contributed by atoms with Crippen molar-refractivity contribution in [2.24, 2.45) is 23.0 Å². The number of hydrogen-bond donors (Lipinski definition) is 5. The maximum atomic E-state index is 14.0. The Balaban J connectivity index is 1.88. The second-order valence-corrected chi connectivity index (χ2v) is 12.5. The van der Waals surface area contributed by atoms with E-state index in [1.807, 2.05) is 20.8 Å². The van der Waals surface area contributed by atoms with Gasteiger partial charge in [-0.1, -0.05) is 20.8 Å². The highest BCUT2D eigenvalue weighted by molar-refractivity contribution is 6.24. The summed E-state index contributed by atoms with van der Waals surface area (Å²) in [6.45, 7) is 7.80. The van der Waals surface area contributed by atoms with Crippen LogP contribution in [0.5, 0.6) is 5.75 Å². The fourth-order valence-electron chi connectivity index (χ4n) is 6.30. The molecule has 0 aliphatic heterocycles. The molecule has 0 radical (unpaired) electrons. The second-order valence-electron chi connectivity index (χ2n) is 12.5. The van der Waals surface area contributed by atoms with E-state index in [1.165, 1.54) is 6.92 Å². The summed E-state index contributed by atoms with van der Waals surface area (Å²) in [7, 11) is 3.57. The van der Waals surface area contributed by atoms with Gasteiger partial charge in [-0.3, -0.25) is 19.2 Å². The van der Waals surface area contributed by atoms with Crippen LogP contribution >= 0.6 is 0 Å². The van der Waals surface area contributed by atoms with Crippen molar-refractivity contribution in [3.63, 3.8) is 0 Å². The number of phenols is 1. The van der Waals surface area contributed by atoms with Crippen LogP contribution in [0.4, 0.5) is 5.69 Å². The lowest BCUT2D eigenvalue weighted by atomic mass is 9.60. The van der Waals surface area contributed by atoms with Gasteiger partial charge in [0.25, 0.3) is 5.91 Å². The first-order valence-electron chi connectivity index (χ1n) is 13.2. The van der Waals surface area contributed by atoms with Gasteiger partial charge in [0.15, 0.2) is 11.4 Å². The van der Waals surface area contributed by atoms with Gasteiger partial charge in [-0.15, -0.1) is 0 Å². The Hall–Kier alpha value is -3.86. The predicted molar refractivity (Wildman–Crippen MR) is 146 cm³/mol. The van der Waals surface area contributed by atoms with Crippen molar-refractivity contribution >= 4 is 29.1 Å². The molecular weight excluding hydrogens is 518 g/mol. The van der Waals surface area contributed by atoms with Gasteiger partial charge < -0.3 is 36.0 Å². The van der Waals surface area contributed by atoms with Crippen LogP contribution in [0.1, 0.15) is 62.0 Å². The monoisotopic (exact) mass is 555 g/mol. The molecule has 0 bridgehead atoms. The fourth-order valence-corrected chi connectivity index (χ4v) is 6.30. The highest BCUT2D eigenvalue weighted by Gasteiger charge is 2.59. The Morgan fingerprint density at radius 3 is 2.27 bits per heavy atom. The van der Waals surface area contributed by atoms with Crippen LogP contribution in [0, 0.1) is 17.3 Å². The molecule has 0 fully saturated rings. The van der Waals surface area contributed by atoms with Crippen molar-refractivity contribution in [1.82, 2.24) is 4.90 Å². The summed E-state index contributed by atoms with van der Waals surface area (Å²) in [6, 6.07) is 1.74. The van der Waals surface area contributed by atoms with Crippen molar-refractivity contribution < 1.29 is 39.6 Å². The highest BCUT2D eigenvalue weighted by Crippen LogP contribution is 2.52. The minimum absolute atomic E-state index is 0.0326. The number of nitrogens with two attached hydrogens (primary N) is 1. The van der Waals surface area contributed by atoms with Gasteiger partial charge in [0.1, 0.15) is 22.8 Å². The maximum Gasteiger partial charge on any atom is 0.255 e. The Labute approximate surface area is 232 Å². The summed E-state index contributed by atoms with van der Waals surface area (Å²) in [5.41, 5.74) is 2.82. The number of benzene rings is 1. The minimum atomic E-state index is -2.62. The van der Waals surface area contributed by atoms with Crippen LogP contribution in [0.3, 0.4) is 0 Å². The van der Waals surface area contributed by atoms with Crippen LogP contribution in [-0.2, 0) is 27.3 Å². The first-order chi connectivity index (χ1) is 18.4. The molecule has 0 aromatic heterocycles. The third-order valence-electron chi connectivity index (χ3n) is 8.07. The van der Waals surface area contributed by atoms with Crippen LogP contribution in [-0.4, -0.2) is 74.9 Å². The van der Waals surface area contributed by atoms with Gasteiger partial charge in [-0.2, -0.15) is 0 Å². The third-order valence-corrected chi connectivity index (χ3v) is 8.07. The lowest BCUT2D eigenvalue weighted by Crippen LogP contribution is -2.57. The van der Waals surface area contributed by atoms with E-state index in [0.717, 1.165) is 0 Å². The molecule has 6 N–H and O–H groups in total. The van der Waals surface area contributed by atoms with Gasteiger partial charge in [0, 0.05) is 63.3 Å². The number of allylic oxidation sites excluding steroid dienone is 2. The molecule has 0 saturated heterocycles. The number of aliphatic hydroxyl groups is 3. The van der Waals surface area contributed by atoms with E-state index in [2.05, 4.69) is 0 Å². The number of aliphatic hydroxyl groups excluding tert-OH is 2. The molecular formula is C29H37N3O8. The number of primary amides is 1. The Morgan fingerprint density at radius 1 is 1.12 bits per heavy atom. The number of aromatic hydroxyl groups is 1. The zero-order chi connectivity index (χ0) is 30.1. The number of nitrogens with zero attached hydrogens (tertiary/aromatic N) is 2. The van der Waals surface area contributed by atoms with E-state index >= 15 is 0 Å². The van der Waals surface area contributed by atoms with E-state index in [4.69, 9.17) is 5.73 Å². The number of carbonyl (C=O) groups excluding carboxylic acids is 4. The lowest BCUT2D eigenvalue weighted by molar-refractivity contribution is -0.144. The topological polar surface area (TPSA) is 182 Å². The molecule has 11 nitrogen and oxygen atoms in total. The van der Waals surface area contributed by atoms with Gasteiger partial charge in [-0.05, 0) is 35.8 Å². The van der Waals surface area contributed by atoms with Crippen molar-refractivity contribution in [3.05, 3.63) is 45.4 Å². The average molecular weight is 556 g/mol. The molecule has 2 amide bonds. The standard InChI is InChI=1S/C29H37N3O8/c1-13(33)32(12-28(2,3)4)11-15-9-18(31(5)6)17-8-14-7-16-10-19(34)22(27(30)39)26(38)29(16,40)25(37)20(14)24(36)21(17)23(15)35/h9,14,16,34-35,37,40H,7-8,10-12H2,1-6H3,(H2,30,39)/t14-,16+,29+/m1/s1. The zero-order valence-electron chi connectivity index (χ0n) is 23.7. The molecule has 3 aliphatic rings. The predicted octanol–water partition coefficient (Wildman–Crippen LogP) is 2.04. The molecule has 3 aliphatic carbocycles. The molecule has 1 aromatic carbocycles. The number of fused-ring (bicyclic) bond motifs is 3. The summed E-state index contributed by atoms with van der Waals surface area (Å²) >= 11 is 0. The smallest absolute Gasteiger partial charge is 0.255 e. The Morgan fingerprint density at radius 2 is 1.75 bits per heavy atom. The van der Waals surface area contributed by atoms with Crippen LogP contribution in [0.2, 0.25) is 0 Å². The molecule has 4 rings (SSSR count). The molecule has 1 aromatic rings. The first-order valence-corrected chi connectivity index (χ1v) is 13.2. The molecule has 3 atom stereocenters. The number of Topliss-reactive ketones (excluding diaryl/α,β-unsaturated/α-hetero) is 2. The molecule has 216 valence electrons. The highest BCUT2D eigenvalue weighted by atomic mass is 16.3. The van der Waals surface area contributed by atoms with Crippen molar-refractivity contribution in [3.8, 4) is 5.75 Å². The van der Waals surface area contributed by atoms with E-state index < -0.39 is 52.0 Å². The van der Waals surface area contributed by atoms with Crippen molar-refractivity contribution in [1.29, 1.82) is 0 Å². The average Bonchev–Trinajstić information content (AvgIpc) is 2.81. The molecule has 11 heteroatoms. The number of amides is 2. The summed E-state index contributed by atoms with van der Waals surface area (Å²) < 4.78 is 0. The number of rotatable bonds is 5. The zero-order valence-corrected chi connectivity index (χ0v) is 23.7. The van der Waals surface area contributed by atoms with Crippen molar-refractivity contribution in [2.75, 3.05) is 25.5 Å². The van der Waals surface area contributed by atoms with Gasteiger partial charge in [0.05, 0.1) is 5.56 Å². The van der Waals surface area contributed by atoms with E-state index in [0.29, 0.717) is 23.4 Å². The quantitative estimate of drug-likeness (QED) is 0.340. The summed E-state index contributed by atoms with van der Waals surface area (Å²) in [5.74, 6) is -6.90. The van der Waals surface area contributed by atoms with E-state index in [1.54, 1.807) is 30.0 Å². The Kier molecular flexibility index (Phi) is 7.03. The third kappa shape index (κ3) is 4.51. The first kappa shape index (κ1) is 29.1. The molecule has 40 heavy (non-hydrogen) atoms. The summed E-state index contributed by atoms with van der Waals surface area (Å²) in [6.07, 6.45) is -0.0229. The fraction of sp³-hybridized carbons (Fsp3) is 0.517. The molecule has 0 unspecified atom stereocenters. The number of ketones is 2. The van der Waals surface area contributed by atoms with Crippen LogP contribution in [0.25, 0.3) is 0 Å². The van der Waals surface area contributed by atoms with E-state index in [-0.39, 0.29) is 54.0 Å². The molecule has 0 saturated carbocycles. The van der Waals surface area contributed by atoms with E-state index in [9.17, 15) is 39.6 Å². The summed E-state index contributed by atoms with van der Waals surface area (Å²) in [5, 5.41) is 44.5. The number of carbonyl (C=O) groups is 4. The van der Waals surface area contributed by atoms with Gasteiger partial charge in [-0.25, -0.2) is 0 Å². The van der Waals surface area contributed by atoms with Crippen molar-refractivity contribution in [2.45, 2.75) is 59.1 Å². The van der Waals surface area contributed by atoms with Gasteiger partial charge >= 0.3 is 0 Å². The molecule has 0 spiro atoms. The normalized spacial score (nSPS) is 24.4. The minimum Gasteiger partial charge on any atom is -0.511 e.